The fourth-order valence-electron chi connectivity index (χ4n) is 1.76. The number of aromatic nitrogens is 1. The minimum Gasteiger partial charge on any atom is -0.369 e. The average Bonchev–Trinajstić information content (AvgIpc) is 2.72. The van der Waals surface area contributed by atoms with Crippen molar-refractivity contribution in [1.29, 1.82) is 0 Å². The molecule has 1 unspecified atom stereocenters. The van der Waals surface area contributed by atoms with Crippen molar-refractivity contribution in [2.75, 3.05) is 5.32 Å². The first kappa shape index (κ1) is 12.6. The molecule has 18 heavy (non-hydrogen) atoms. The first-order chi connectivity index (χ1) is 8.58. The highest BCUT2D eigenvalue weighted by Gasteiger charge is 2.21. The second kappa shape index (κ2) is 5.18. The van der Waals surface area contributed by atoms with Crippen molar-refractivity contribution in [3.63, 3.8) is 0 Å². The fraction of sp³-hybridized carbons (Fsp3) is 0.231. The van der Waals surface area contributed by atoms with Crippen LogP contribution >= 0.6 is 11.3 Å². The summed E-state index contributed by atoms with van der Waals surface area (Å²) >= 11 is 1.43. The Morgan fingerprint density at radius 3 is 2.78 bits per heavy atom. The van der Waals surface area contributed by atoms with Gasteiger partial charge in [0, 0.05) is 5.69 Å². The number of thiazole rings is 1. The molecule has 5 heteroatoms. The second-order valence-corrected chi connectivity index (χ2v) is 5.04. The first-order valence-electron chi connectivity index (χ1n) is 5.60. The summed E-state index contributed by atoms with van der Waals surface area (Å²) < 4.78 is 0. The molecule has 94 valence electrons. The second-order valence-electron chi connectivity index (χ2n) is 4.15. The Hall–Kier alpha value is -1.88. The van der Waals surface area contributed by atoms with Gasteiger partial charge < -0.3 is 11.1 Å². The van der Waals surface area contributed by atoms with Gasteiger partial charge in [0.25, 0.3) is 0 Å². The summed E-state index contributed by atoms with van der Waals surface area (Å²) in [5.41, 5.74) is 10.0. The van der Waals surface area contributed by atoms with E-state index in [0.717, 1.165) is 21.8 Å². The van der Waals surface area contributed by atoms with E-state index in [1.807, 2.05) is 38.1 Å². The number of hydrogen-bond acceptors (Lipinski definition) is 4. The highest BCUT2D eigenvalue weighted by Crippen LogP contribution is 2.25. The lowest BCUT2D eigenvalue weighted by Gasteiger charge is -2.16. The largest absolute Gasteiger partial charge is 0.369 e. The lowest BCUT2D eigenvalue weighted by Crippen LogP contribution is -2.27. The third-order valence-corrected chi connectivity index (χ3v) is 3.65. The lowest BCUT2D eigenvalue weighted by atomic mass is 10.1. The summed E-state index contributed by atoms with van der Waals surface area (Å²) in [5.74, 6) is -0.399. The number of hydrogen-bond donors (Lipinski definition) is 2. The number of nitrogens with zero attached hydrogens (tertiary/aromatic N) is 1. The van der Waals surface area contributed by atoms with E-state index < -0.39 is 11.9 Å². The zero-order valence-corrected chi connectivity index (χ0v) is 11.1. The van der Waals surface area contributed by atoms with Crippen LogP contribution in [-0.4, -0.2) is 10.9 Å². The van der Waals surface area contributed by atoms with E-state index in [4.69, 9.17) is 5.73 Å². The Labute approximate surface area is 110 Å². The Morgan fingerprint density at radius 2 is 2.22 bits per heavy atom. The fourth-order valence-corrected chi connectivity index (χ4v) is 2.61. The van der Waals surface area contributed by atoms with Crippen molar-refractivity contribution in [1.82, 2.24) is 4.98 Å². The van der Waals surface area contributed by atoms with Gasteiger partial charge in [-0.25, -0.2) is 4.98 Å². The zero-order chi connectivity index (χ0) is 13.1. The molecule has 2 aromatic rings. The van der Waals surface area contributed by atoms with Gasteiger partial charge in [-0.1, -0.05) is 12.1 Å². The third kappa shape index (κ3) is 2.68. The number of anilines is 1. The summed E-state index contributed by atoms with van der Waals surface area (Å²) in [6.45, 7) is 3.88. The maximum atomic E-state index is 11.6. The van der Waals surface area contributed by atoms with Gasteiger partial charge in [-0.2, -0.15) is 0 Å². The van der Waals surface area contributed by atoms with Crippen molar-refractivity contribution in [2.45, 2.75) is 19.9 Å². The van der Waals surface area contributed by atoms with E-state index in [2.05, 4.69) is 10.3 Å². The Kier molecular flexibility index (Phi) is 3.62. The van der Waals surface area contributed by atoms with Crippen LogP contribution in [0.4, 0.5) is 5.69 Å². The number of aryl methyl sites for hydroxylation is 2. The van der Waals surface area contributed by atoms with Crippen molar-refractivity contribution in [3.05, 3.63) is 45.9 Å². The maximum Gasteiger partial charge on any atom is 0.245 e. The molecule has 4 nitrogen and oxygen atoms in total. The molecule has 0 radical (unpaired) electrons. The maximum absolute atomic E-state index is 11.6. The smallest absolute Gasteiger partial charge is 0.245 e. The molecule has 1 atom stereocenters. The Morgan fingerprint density at radius 1 is 1.44 bits per heavy atom. The van der Waals surface area contributed by atoms with Crippen molar-refractivity contribution < 1.29 is 4.79 Å². The Balaban J connectivity index is 2.28. The van der Waals surface area contributed by atoms with Gasteiger partial charge in [-0.15, -0.1) is 11.3 Å². The van der Waals surface area contributed by atoms with Gasteiger partial charge in [0.15, 0.2) is 0 Å². The van der Waals surface area contributed by atoms with Crippen LogP contribution in [0.1, 0.15) is 22.2 Å². The molecule has 0 saturated heterocycles. The molecular weight excluding hydrogens is 246 g/mol. The SMILES string of the molecule is Cc1cccc(NC(C(N)=O)c2scnc2C)c1. The average molecular weight is 261 g/mol. The number of nitrogens with one attached hydrogen (secondary N) is 1. The number of nitrogens with two attached hydrogens (primary N) is 1. The van der Waals surface area contributed by atoms with E-state index in [-0.39, 0.29) is 0 Å². The molecule has 1 aromatic carbocycles. The number of rotatable bonds is 4. The minimum absolute atomic E-state index is 0.399. The predicted molar refractivity (Wildman–Crippen MR) is 73.6 cm³/mol. The molecule has 2 rings (SSSR count). The Bertz CT molecular complexity index is 565. The molecule has 1 amide bonds. The van der Waals surface area contributed by atoms with Crippen LogP contribution in [0.2, 0.25) is 0 Å². The summed E-state index contributed by atoms with van der Waals surface area (Å²) in [6, 6.07) is 7.31. The van der Waals surface area contributed by atoms with E-state index in [1.54, 1.807) is 5.51 Å². The molecule has 0 saturated carbocycles. The first-order valence-corrected chi connectivity index (χ1v) is 6.48. The quantitative estimate of drug-likeness (QED) is 0.888. The van der Waals surface area contributed by atoms with Gasteiger partial charge in [-0.3, -0.25) is 4.79 Å². The van der Waals surface area contributed by atoms with Crippen LogP contribution in [-0.2, 0) is 4.79 Å². The highest BCUT2D eigenvalue weighted by molar-refractivity contribution is 7.10. The van der Waals surface area contributed by atoms with Gasteiger partial charge in [0.1, 0.15) is 6.04 Å². The summed E-state index contributed by atoms with van der Waals surface area (Å²) in [7, 11) is 0. The van der Waals surface area contributed by atoms with Crippen LogP contribution < -0.4 is 11.1 Å². The molecule has 0 aliphatic rings. The van der Waals surface area contributed by atoms with Crippen LogP contribution in [0.5, 0.6) is 0 Å². The number of carbonyl (C=O) groups is 1. The molecule has 0 aliphatic heterocycles. The molecule has 0 aliphatic carbocycles. The standard InChI is InChI=1S/C13H15N3OS/c1-8-4-3-5-10(6-8)16-11(13(14)17)12-9(2)15-7-18-12/h3-7,11,16H,1-2H3,(H2,14,17). The molecule has 0 fully saturated rings. The van der Waals surface area contributed by atoms with Crippen LogP contribution in [0, 0.1) is 13.8 Å². The third-order valence-electron chi connectivity index (χ3n) is 2.66. The van der Waals surface area contributed by atoms with Gasteiger partial charge in [0.05, 0.1) is 16.1 Å². The molecular formula is C13H15N3OS. The molecule has 1 heterocycles. The molecule has 0 bridgehead atoms. The van der Waals surface area contributed by atoms with Crippen molar-refractivity contribution in [2.24, 2.45) is 5.73 Å². The predicted octanol–water partition coefficient (Wildman–Crippen LogP) is 2.40. The summed E-state index contributed by atoms with van der Waals surface area (Å²) in [6.07, 6.45) is 0. The van der Waals surface area contributed by atoms with Crippen LogP contribution in [0.15, 0.2) is 29.8 Å². The van der Waals surface area contributed by atoms with E-state index in [9.17, 15) is 4.79 Å². The van der Waals surface area contributed by atoms with Crippen LogP contribution in [0.25, 0.3) is 0 Å². The minimum atomic E-state index is -0.528. The van der Waals surface area contributed by atoms with Crippen molar-refractivity contribution in [3.8, 4) is 0 Å². The van der Waals surface area contributed by atoms with E-state index in [1.165, 1.54) is 11.3 Å². The van der Waals surface area contributed by atoms with Gasteiger partial charge in [0.2, 0.25) is 5.91 Å². The lowest BCUT2D eigenvalue weighted by molar-refractivity contribution is -0.118. The molecule has 1 aromatic heterocycles. The van der Waals surface area contributed by atoms with E-state index >= 15 is 0 Å². The number of primary amides is 1. The number of benzene rings is 1. The van der Waals surface area contributed by atoms with Gasteiger partial charge >= 0.3 is 0 Å². The molecule has 0 spiro atoms. The highest BCUT2D eigenvalue weighted by atomic mass is 32.1. The number of carbonyl (C=O) groups excluding carboxylic acids is 1. The van der Waals surface area contributed by atoms with Gasteiger partial charge in [-0.05, 0) is 31.5 Å². The zero-order valence-electron chi connectivity index (χ0n) is 10.3. The molecule has 3 N–H and O–H groups in total. The summed E-state index contributed by atoms with van der Waals surface area (Å²) in [4.78, 5) is 16.6. The van der Waals surface area contributed by atoms with Crippen LogP contribution in [0.3, 0.4) is 0 Å². The monoisotopic (exact) mass is 261 g/mol. The van der Waals surface area contributed by atoms with Crippen molar-refractivity contribution >= 4 is 22.9 Å². The van der Waals surface area contributed by atoms with E-state index in [0.29, 0.717) is 0 Å². The normalized spacial score (nSPS) is 12.1. The topological polar surface area (TPSA) is 68.0 Å². The summed E-state index contributed by atoms with van der Waals surface area (Å²) in [5, 5.41) is 3.16. The number of amides is 1.